The molecule has 68 valence electrons. The summed E-state index contributed by atoms with van der Waals surface area (Å²) in [5, 5.41) is 0. The standard InChI is InChI=1S/C12H14O/c1-4-8-13-9-12-10(2)6-5-7-11(12)3/h1,5-7H,8-9H2,2-3H3. The molecule has 13 heavy (non-hydrogen) atoms. The lowest BCUT2D eigenvalue weighted by molar-refractivity contribution is 0.152. The van der Waals surface area contributed by atoms with E-state index in [4.69, 9.17) is 11.2 Å². The van der Waals surface area contributed by atoms with Crippen LogP contribution in [0.3, 0.4) is 0 Å². The topological polar surface area (TPSA) is 9.23 Å². The lowest BCUT2D eigenvalue weighted by Crippen LogP contribution is -1.98. The van der Waals surface area contributed by atoms with Crippen LogP contribution in [0.15, 0.2) is 18.2 Å². The molecule has 0 aliphatic rings. The maximum absolute atomic E-state index is 5.29. The summed E-state index contributed by atoms with van der Waals surface area (Å²) >= 11 is 0. The van der Waals surface area contributed by atoms with Gasteiger partial charge in [0, 0.05) is 0 Å². The average Bonchev–Trinajstić information content (AvgIpc) is 2.10. The first-order valence-corrected chi connectivity index (χ1v) is 4.32. The molecule has 1 aromatic rings. The molecule has 0 unspecified atom stereocenters. The highest BCUT2D eigenvalue weighted by atomic mass is 16.5. The molecular weight excluding hydrogens is 160 g/mol. The summed E-state index contributed by atoms with van der Waals surface area (Å²) in [6.45, 7) is 5.17. The van der Waals surface area contributed by atoms with Gasteiger partial charge in [0.2, 0.25) is 0 Å². The first kappa shape index (κ1) is 9.83. The van der Waals surface area contributed by atoms with Gasteiger partial charge < -0.3 is 4.74 Å². The molecule has 0 radical (unpaired) electrons. The van der Waals surface area contributed by atoms with E-state index in [1.807, 2.05) is 0 Å². The molecule has 0 amide bonds. The zero-order chi connectivity index (χ0) is 9.68. The van der Waals surface area contributed by atoms with E-state index in [1.165, 1.54) is 16.7 Å². The zero-order valence-electron chi connectivity index (χ0n) is 8.13. The van der Waals surface area contributed by atoms with E-state index in [-0.39, 0.29) is 0 Å². The van der Waals surface area contributed by atoms with E-state index in [9.17, 15) is 0 Å². The maximum Gasteiger partial charge on any atom is 0.107 e. The van der Waals surface area contributed by atoms with Gasteiger partial charge in [0.15, 0.2) is 0 Å². The highest BCUT2D eigenvalue weighted by Crippen LogP contribution is 2.13. The van der Waals surface area contributed by atoms with Crippen LogP contribution in [0.4, 0.5) is 0 Å². The fourth-order valence-corrected chi connectivity index (χ4v) is 1.29. The third-order valence-electron chi connectivity index (χ3n) is 2.08. The molecular formula is C12H14O. The second kappa shape index (κ2) is 4.69. The number of rotatable bonds is 3. The van der Waals surface area contributed by atoms with Crippen LogP contribution >= 0.6 is 0 Å². The van der Waals surface area contributed by atoms with E-state index < -0.39 is 0 Å². The number of aryl methyl sites for hydroxylation is 2. The van der Waals surface area contributed by atoms with Crippen LogP contribution in [0.25, 0.3) is 0 Å². The SMILES string of the molecule is C#CCOCc1c(C)cccc1C. The predicted octanol–water partition coefficient (Wildman–Crippen LogP) is 2.45. The van der Waals surface area contributed by atoms with Crippen molar-refractivity contribution in [3.8, 4) is 12.3 Å². The maximum atomic E-state index is 5.29. The predicted molar refractivity (Wildman–Crippen MR) is 54.4 cm³/mol. The van der Waals surface area contributed by atoms with Crippen LogP contribution < -0.4 is 0 Å². The Morgan fingerprint density at radius 2 is 1.92 bits per heavy atom. The van der Waals surface area contributed by atoms with Gasteiger partial charge in [-0.15, -0.1) is 6.42 Å². The lowest BCUT2D eigenvalue weighted by Gasteiger charge is -2.08. The Kier molecular flexibility index (Phi) is 3.54. The van der Waals surface area contributed by atoms with Gasteiger partial charge in [-0.2, -0.15) is 0 Å². The number of benzene rings is 1. The van der Waals surface area contributed by atoms with E-state index in [1.54, 1.807) is 0 Å². The summed E-state index contributed by atoms with van der Waals surface area (Å²) in [7, 11) is 0. The molecule has 0 saturated heterocycles. The highest BCUT2D eigenvalue weighted by molar-refractivity contribution is 5.32. The summed E-state index contributed by atoms with van der Waals surface area (Å²) < 4.78 is 5.29. The monoisotopic (exact) mass is 174 g/mol. The lowest BCUT2D eigenvalue weighted by atomic mass is 10.0. The molecule has 1 nitrogen and oxygen atoms in total. The number of terminal acetylenes is 1. The molecule has 0 aliphatic heterocycles. The minimum atomic E-state index is 0.383. The van der Waals surface area contributed by atoms with Gasteiger partial charge in [-0.05, 0) is 30.5 Å². The van der Waals surface area contributed by atoms with E-state index >= 15 is 0 Å². The van der Waals surface area contributed by atoms with Gasteiger partial charge >= 0.3 is 0 Å². The smallest absolute Gasteiger partial charge is 0.107 e. The number of ether oxygens (including phenoxy) is 1. The third-order valence-corrected chi connectivity index (χ3v) is 2.08. The van der Waals surface area contributed by atoms with Gasteiger partial charge in [-0.3, -0.25) is 0 Å². The second-order valence-corrected chi connectivity index (χ2v) is 3.07. The molecule has 1 aromatic carbocycles. The molecule has 0 bridgehead atoms. The molecule has 0 aromatic heterocycles. The summed E-state index contributed by atoms with van der Waals surface area (Å²) in [4.78, 5) is 0. The minimum absolute atomic E-state index is 0.383. The fraction of sp³-hybridized carbons (Fsp3) is 0.333. The van der Waals surface area contributed by atoms with Gasteiger partial charge in [0.25, 0.3) is 0 Å². The van der Waals surface area contributed by atoms with Crippen LogP contribution in [-0.2, 0) is 11.3 Å². The summed E-state index contributed by atoms with van der Waals surface area (Å²) in [5.74, 6) is 2.45. The normalized spacial score (nSPS) is 9.62. The van der Waals surface area contributed by atoms with Gasteiger partial charge in [0.1, 0.15) is 6.61 Å². The van der Waals surface area contributed by atoms with E-state index in [0.717, 1.165) is 0 Å². The number of hydrogen-bond acceptors (Lipinski definition) is 1. The van der Waals surface area contributed by atoms with Crippen LogP contribution in [0, 0.1) is 26.2 Å². The van der Waals surface area contributed by atoms with Gasteiger partial charge in [0.05, 0.1) is 6.61 Å². The zero-order valence-corrected chi connectivity index (χ0v) is 8.13. The van der Waals surface area contributed by atoms with Crippen molar-refractivity contribution < 1.29 is 4.74 Å². The van der Waals surface area contributed by atoms with Crippen LogP contribution in [0.5, 0.6) is 0 Å². The first-order valence-electron chi connectivity index (χ1n) is 4.32. The van der Waals surface area contributed by atoms with Crippen LogP contribution in [-0.4, -0.2) is 6.61 Å². The largest absolute Gasteiger partial charge is 0.364 e. The van der Waals surface area contributed by atoms with Crippen molar-refractivity contribution in [2.75, 3.05) is 6.61 Å². The van der Waals surface area contributed by atoms with Crippen molar-refractivity contribution in [2.45, 2.75) is 20.5 Å². The van der Waals surface area contributed by atoms with Crippen molar-refractivity contribution in [3.63, 3.8) is 0 Å². The Hall–Kier alpha value is -1.26. The van der Waals surface area contributed by atoms with Crippen molar-refractivity contribution in [1.82, 2.24) is 0 Å². The third kappa shape index (κ3) is 2.61. The quantitative estimate of drug-likeness (QED) is 0.505. The minimum Gasteiger partial charge on any atom is -0.364 e. The van der Waals surface area contributed by atoms with Gasteiger partial charge in [-0.1, -0.05) is 24.1 Å². The Bertz CT molecular complexity index is 300. The Labute approximate surface area is 79.7 Å². The molecule has 0 aliphatic carbocycles. The molecule has 0 N–H and O–H groups in total. The van der Waals surface area contributed by atoms with Crippen LogP contribution in [0.2, 0.25) is 0 Å². The van der Waals surface area contributed by atoms with Crippen LogP contribution in [0.1, 0.15) is 16.7 Å². The average molecular weight is 174 g/mol. The molecule has 1 rings (SSSR count). The Morgan fingerprint density at radius 3 is 2.46 bits per heavy atom. The highest BCUT2D eigenvalue weighted by Gasteiger charge is 2.00. The van der Waals surface area contributed by atoms with Gasteiger partial charge in [-0.25, -0.2) is 0 Å². The summed E-state index contributed by atoms with van der Waals surface area (Å²) in [6.07, 6.45) is 5.09. The van der Waals surface area contributed by atoms with Crippen molar-refractivity contribution in [1.29, 1.82) is 0 Å². The molecule has 0 heterocycles. The number of hydrogen-bond donors (Lipinski definition) is 0. The summed E-state index contributed by atoms with van der Waals surface area (Å²) in [6, 6.07) is 6.22. The van der Waals surface area contributed by atoms with Crippen molar-refractivity contribution >= 4 is 0 Å². The fourth-order valence-electron chi connectivity index (χ4n) is 1.29. The molecule has 0 saturated carbocycles. The van der Waals surface area contributed by atoms with E-state index in [2.05, 4.69) is 38.0 Å². The first-order chi connectivity index (χ1) is 6.25. The molecule has 0 atom stereocenters. The van der Waals surface area contributed by atoms with E-state index in [0.29, 0.717) is 13.2 Å². The molecule has 1 heteroatoms. The Balaban J connectivity index is 2.71. The second-order valence-electron chi connectivity index (χ2n) is 3.07. The van der Waals surface area contributed by atoms with Crippen molar-refractivity contribution in [3.05, 3.63) is 34.9 Å². The molecule has 0 spiro atoms. The van der Waals surface area contributed by atoms with Crippen molar-refractivity contribution in [2.24, 2.45) is 0 Å². The Morgan fingerprint density at radius 1 is 1.31 bits per heavy atom. The summed E-state index contributed by atoms with van der Waals surface area (Å²) in [5.41, 5.74) is 3.77. The molecule has 0 fully saturated rings.